The maximum absolute atomic E-state index is 12.4. The van der Waals surface area contributed by atoms with Gasteiger partial charge < -0.3 is 19.4 Å². The van der Waals surface area contributed by atoms with Crippen LogP contribution in [0.3, 0.4) is 0 Å². The molecule has 3 aromatic rings. The molecule has 1 N–H and O–H groups in total. The van der Waals surface area contributed by atoms with Gasteiger partial charge in [-0.1, -0.05) is 11.8 Å². The molecule has 0 fully saturated rings. The normalized spacial score (nSPS) is 13.6. The van der Waals surface area contributed by atoms with E-state index in [-0.39, 0.29) is 18.0 Å². The molecule has 8 nitrogen and oxygen atoms in total. The first-order valence-corrected chi connectivity index (χ1v) is 9.96. The van der Waals surface area contributed by atoms with Crippen molar-refractivity contribution in [3.63, 3.8) is 0 Å². The minimum Gasteiger partial charge on any atom is -0.454 e. The molecule has 0 bridgehead atoms. The van der Waals surface area contributed by atoms with Crippen LogP contribution in [0, 0.1) is 6.92 Å². The maximum Gasteiger partial charge on any atom is 0.239 e. The summed E-state index contributed by atoms with van der Waals surface area (Å²) in [5.74, 6) is 1.98. The van der Waals surface area contributed by atoms with Gasteiger partial charge in [0.1, 0.15) is 0 Å². The maximum atomic E-state index is 12.4. The summed E-state index contributed by atoms with van der Waals surface area (Å²) in [7, 11) is 1.87. The third-order valence-corrected chi connectivity index (χ3v) is 5.98. The highest BCUT2D eigenvalue weighted by molar-refractivity contribution is 8.00. The van der Waals surface area contributed by atoms with Gasteiger partial charge in [-0.25, -0.2) is 4.98 Å². The Morgan fingerprint density at radius 3 is 2.93 bits per heavy atom. The number of aromatic nitrogens is 4. The first kappa shape index (κ1) is 17.8. The fourth-order valence-corrected chi connectivity index (χ4v) is 4.04. The minimum absolute atomic E-state index is 0.123. The average molecular weight is 403 g/mol. The lowest BCUT2D eigenvalue weighted by atomic mass is 10.2. The number of nitrogens with zero attached hydrogens (tertiary/aromatic N) is 4. The number of hydrogen-bond donors (Lipinski definition) is 1. The SMILES string of the molecule is Cc1csc(NC(=O)C(C)Sc2nnc(-c3ccc4c(c3)OCO4)n2C)n1. The van der Waals surface area contributed by atoms with Crippen molar-refractivity contribution >= 4 is 34.1 Å². The number of amides is 1. The molecule has 0 saturated heterocycles. The first-order valence-electron chi connectivity index (χ1n) is 8.20. The molecule has 1 aliphatic rings. The Kier molecular flexibility index (Phi) is 4.75. The number of carbonyl (C=O) groups is 1. The number of carbonyl (C=O) groups excluding carboxylic acids is 1. The predicted octanol–water partition coefficient (Wildman–Crippen LogP) is 3.10. The molecule has 1 aliphatic heterocycles. The number of anilines is 1. The van der Waals surface area contributed by atoms with Crippen molar-refractivity contribution in [2.75, 3.05) is 12.1 Å². The Hall–Kier alpha value is -2.59. The fourth-order valence-electron chi connectivity index (χ4n) is 2.53. The van der Waals surface area contributed by atoms with Gasteiger partial charge in [0.15, 0.2) is 27.6 Å². The van der Waals surface area contributed by atoms with Gasteiger partial charge in [-0.15, -0.1) is 21.5 Å². The molecule has 4 rings (SSSR count). The van der Waals surface area contributed by atoms with Crippen LogP contribution in [0.5, 0.6) is 11.5 Å². The Bertz CT molecular complexity index is 1000. The Labute approximate surface area is 163 Å². The number of benzene rings is 1. The van der Waals surface area contributed by atoms with Crippen LogP contribution in [0.25, 0.3) is 11.4 Å². The Morgan fingerprint density at radius 2 is 2.15 bits per heavy atom. The molecule has 10 heteroatoms. The van der Waals surface area contributed by atoms with Crippen molar-refractivity contribution in [1.82, 2.24) is 19.7 Å². The summed E-state index contributed by atoms with van der Waals surface area (Å²) in [6.07, 6.45) is 0. The molecule has 3 heterocycles. The third-order valence-electron chi connectivity index (χ3n) is 3.97. The molecule has 1 atom stereocenters. The van der Waals surface area contributed by atoms with Crippen LogP contribution in [-0.4, -0.2) is 37.7 Å². The second-order valence-electron chi connectivity index (χ2n) is 5.98. The van der Waals surface area contributed by atoms with E-state index in [4.69, 9.17) is 9.47 Å². The molecule has 0 aliphatic carbocycles. The number of hydrogen-bond acceptors (Lipinski definition) is 8. The van der Waals surface area contributed by atoms with Gasteiger partial charge in [-0.05, 0) is 32.0 Å². The van der Waals surface area contributed by atoms with E-state index in [1.807, 2.05) is 49.0 Å². The van der Waals surface area contributed by atoms with Gasteiger partial charge in [0.05, 0.1) is 10.9 Å². The third kappa shape index (κ3) is 3.62. The summed E-state index contributed by atoms with van der Waals surface area (Å²) in [5, 5.41) is 14.1. The summed E-state index contributed by atoms with van der Waals surface area (Å²) < 4.78 is 12.6. The highest BCUT2D eigenvalue weighted by atomic mass is 32.2. The van der Waals surface area contributed by atoms with E-state index in [0.29, 0.717) is 21.9 Å². The fraction of sp³-hybridized carbons (Fsp3) is 0.294. The second-order valence-corrected chi connectivity index (χ2v) is 8.14. The van der Waals surface area contributed by atoms with E-state index >= 15 is 0 Å². The first-order chi connectivity index (χ1) is 13.0. The van der Waals surface area contributed by atoms with Crippen molar-refractivity contribution in [2.24, 2.45) is 7.05 Å². The van der Waals surface area contributed by atoms with Gasteiger partial charge in [0, 0.05) is 18.0 Å². The Balaban J connectivity index is 1.48. The van der Waals surface area contributed by atoms with Crippen LogP contribution in [0.15, 0.2) is 28.7 Å². The van der Waals surface area contributed by atoms with Crippen molar-refractivity contribution in [2.45, 2.75) is 24.3 Å². The van der Waals surface area contributed by atoms with Gasteiger partial charge in [0.25, 0.3) is 0 Å². The summed E-state index contributed by atoms with van der Waals surface area (Å²) in [5.41, 5.74) is 1.76. The van der Waals surface area contributed by atoms with E-state index in [0.717, 1.165) is 17.0 Å². The second kappa shape index (κ2) is 7.20. The van der Waals surface area contributed by atoms with Crippen LogP contribution < -0.4 is 14.8 Å². The number of aryl methyl sites for hydroxylation is 1. The van der Waals surface area contributed by atoms with E-state index in [2.05, 4.69) is 20.5 Å². The lowest BCUT2D eigenvalue weighted by Gasteiger charge is -2.10. The van der Waals surface area contributed by atoms with Crippen LogP contribution in [0.2, 0.25) is 0 Å². The van der Waals surface area contributed by atoms with Crippen molar-refractivity contribution in [3.8, 4) is 22.9 Å². The van der Waals surface area contributed by atoms with Gasteiger partial charge in [-0.3, -0.25) is 4.79 Å². The van der Waals surface area contributed by atoms with Crippen LogP contribution >= 0.6 is 23.1 Å². The number of ether oxygens (including phenoxy) is 2. The molecule has 1 amide bonds. The Morgan fingerprint density at radius 1 is 1.33 bits per heavy atom. The summed E-state index contributed by atoms with van der Waals surface area (Å²) in [6.45, 7) is 3.95. The molecule has 0 spiro atoms. The molecule has 0 saturated carbocycles. The minimum atomic E-state index is -0.346. The topological polar surface area (TPSA) is 91.2 Å². The molecule has 1 aromatic carbocycles. The smallest absolute Gasteiger partial charge is 0.239 e. The monoisotopic (exact) mass is 403 g/mol. The summed E-state index contributed by atoms with van der Waals surface area (Å²) in [6, 6.07) is 5.64. The number of rotatable bonds is 5. The molecule has 140 valence electrons. The van der Waals surface area contributed by atoms with Gasteiger partial charge >= 0.3 is 0 Å². The highest BCUT2D eigenvalue weighted by Gasteiger charge is 2.21. The van der Waals surface area contributed by atoms with E-state index < -0.39 is 0 Å². The standard InChI is InChI=1S/C17H17N5O3S2/c1-9-7-26-16(18-9)19-15(23)10(2)27-17-21-20-14(22(17)3)11-4-5-12-13(6-11)25-8-24-12/h4-7,10H,8H2,1-3H3,(H,18,19,23). The van der Waals surface area contributed by atoms with Gasteiger partial charge in [0.2, 0.25) is 12.7 Å². The van der Waals surface area contributed by atoms with Crippen LogP contribution in [-0.2, 0) is 11.8 Å². The average Bonchev–Trinajstić information content (AvgIpc) is 3.36. The molecular formula is C17H17N5O3S2. The quantitative estimate of drug-likeness (QED) is 0.655. The van der Waals surface area contributed by atoms with Crippen LogP contribution in [0.4, 0.5) is 5.13 Å². The number of fused-ring (bicyclic) bond motifs is 1. The number of thiazole rings is 1. The van der Waals surface area contributed by atoms with Crippen LogP contribution in [0.1, 0.15) is 12.6 Å². The lowest BCUT2D eigenvalue weighted by Crippen LogP contribution is -2.22. The van der Waals surface area contributed by atoms with E-state index in [1.165, 1.54) is 23.1 Å². The van der Waals surface area contributed by atoms with Crippen molar-refractivity contribution in [3.05, 3.63) is 29.3 Å². The van der Waals surface area contributed by atoms with E-state index in [9.17, 15) is 4.79 Å². The van der Waals surface area contributed by atoms with Crippen molar-refractivity contribution < 1.29 is 14.3 Å². The van der Waals surface area contributed by atoms with E-state index in [1.54, 1.807) is 0 Å². The molecule has 0 radical (unpaired) electrons. The number of nitrogens with one attached hydrogen (secondary N) is 1. The molecule has 1 unspecified atom stereocenters. The highest BCUT2D eigenvalue weighted by Crippen LogP contribution is 2.36. The largest absolute Gasteiger partial charge is 0.454 e. The summed E-state index contributed by atoms with van der Waals surface area (Å²) in [4.78, 5) is 16.6. The predicted molar refractivity (Wildman–Crippen MR) is 103 cm³/mol. The van der Waals surface area contributed by atoms with Crippen molar-refractivity contribution in [1.29, 1.82) is 0 Å². The zero-order valence-corrected chi connectivity index (χ0v) is 16.6. The zero-order chi connectivity index (χ0) is 19.0. The lowest BCUT2D eigenvalue weighted by molar-refractivity contribution is -0.115. The molecular weight excluding hydrogens is 386 g/mol. The summed E-state index contributed by atoms with van der Waals surface area (Å²) >= 11 is 2.75. The van der Waals surface area contributed by atoms with Gasteiger partial charge in [-0.2, -0.15) is 0 Å². The molecule has 2 aromatic heterocycles. The molecule has 27 heavy (non-hydrogen) atoms. The zero-order valence-electron chi connectivity index (χ0n) is 14.9. The number of thioether (sulfide) groups is 1.